The Bertz CT molecular complexity index is 1350. The standard InChI is InChI=1S/C33H35BrN2O2/c1-3-24(2)35-33(38)31(22-25-10-5-4-6-11-25)36(23-26-16-19-29(34)20-17-26)32(37)21-18-28-14-9-13-27-12-7-8-15-30(27)28/h4-17,19-20,24,31H,3,18,21-23H2,1-2H3,(H,35,38)/t24-,31+/m0/s1. The third-order valence-corrected chi connectivity index (χ3v) is 7.56. The average Bonchev–Trinajstić information content (AvgIpc) is 2.95. The van der Waals surface area contributed by atoms with E-state index in [1.54, 1.807) is 4.90 Å². The molecule has 4 aromatic rings. The number of nitrogens with one attached hydrogen (secondary N) is 1. The monoisotopic (exact) mass is 570 g/mol. The minimum atomic E-state index is -0.616. The Morgan fingerprint density at radius 2 is 1.53 bits per heavy atom. The van der Waals surface area contributed by atoms with Crippen molar-refractivity contribution in [2.45, 2.75) is 58.2 Å². The Balaban J connectivity index is 1.64. The summed E-state index contributed by atoms with van der Waals surface area (Å²) in [4.78, 5) is 29.4. The number of hydrogen-bond donors (Lipinski definition) is 1. The van der Waals surface area contributed by atoms with Crippen molar-refractivity contribution in [1.82, 2.24) is 10.2 Å². The van der Waals surface area contributed by atoms with Gasteiger partial charge in [0.25, 0.3) is 0 Å². The summed E-state index contributed by atoms with van der Waals surface area (Å²) in [5.41, 5.74) is 3.16. The molecule has 196 valence electrons. The van der Waals surface area contributed by atoms with E-state index in [9.17, 15) is 9.59 Å². The van der Waals surface area contributed by atoms with Crippen molar-refractivity contribution in [2.24, 2.45) is 0 Å². The number of carbonyl (C=O) groups excluding carboxylic acids is 2. The van der Waals surface area contributed by atoms with Gasteiger partial charge in [0.05, 0.1) is 0 Å². The van der Waals surface area contributed by atoms with Gasteiger partial charge >= 0.3 is 0 Å². The molecule has 4 rings (SSSR count). The van der Waals surface area contributed by atoms with Crippen LogP contribution in [0.4, 0.5) is 0 Å². The highest BCUT2D eigenvalue weighted by atomic mass is 79.9. The smallest absolute Gasteiger partial charge is 0.243 e. The molecule has 0 bridgehead atoms. The Hall–Kier alpha value is -3.44. The van der Waals surface area contributed by atoms with E-state index in [4.69, 9.17) is 0 Å². The maximum atomic E-state index is 14.0. The molecule has 0 aliphatic heterocycles. The summed E-state index contributed by atoms with van der Waals surface area (Å²) in [5.74, 6) is -0.139. The fraction of sp³-hybridized carbons (Fsp3) is 0.273. The third-order valence-electron chi connectivity index (χ3n) is 7.03. The molecular weight excluding hydrogens is 536 g/mol. The molecular formula is C33H35BrN2O2. The first kappa shape index (κ1) is 27.6. The highest BCUT2D eigenvalue weighted by Gasteiger charge is 2.30. The number of amides is 2. The lowest BCUT2D eigenvalue weighted by Gasteiger charge is -2.32. The van der Waals surface area contributed by atoms with Crippen LogP contribution in [0.3, 0.4) is 0 Å². The Morgan fingerprint density at radius 3 is 2.26 bits per heavy atom. The summed E-state index contributed by atoms with van der Waals surface area (Å²) in [6.45, 7) is 4.41. The SMILES string of the molecule is CC[C@H](C)NC(=O)[C@@H](Cc1ccccc1)N(Cc1ccc(Br)cc1)C(=O)CCc1cccc2ccccc12. The minimum absolute atomic E-state index is 0.0268. The first-order valence-electron chi connectivity index (χ1n) is 13.3. The molecule has 0 aromatic heterocycles. The Labute approximate surface area is 234 Å². The maximum absolute atomic E-state index is 14.0. The van der Waals surface area contributed by atoms with Gasteiger partial charge in [-0.15, -0.1) is 0 Å². The van der Waals surface area contributed by atoms with Gasteiger partial charge in [0.1, 0.15) is 6.04 Å². The maximum Gasteiger partial charge on any atom is 0.243 e. The summed E-state index contributed by atoms with van der Waals surface area (Å²) >= 11 is 3.50. The highest BCUT2D eigenvalue weighted by Crippen LogP contribution is 2.22. The van der Waals surface area contributed by atoms with Crippen LogP contribution < -0.4 is 5.32 Å². The summed E-state index contributed by atoms with van der Waals surface area (Å²) in [5, 5.41) is 5.47. The fourth-order valence-corrected chi connectivity index (χ4v) is 4.94. The van der Waals surface area contributed by atoms with Gasteiger partial charge in [-0.3, -0.25) is 9.59 Å². The lowest BCUT2D eigenvalue weighted by Crippen LogP contribution is -2.52. The largest absolute Gasteiger partial charge is 0.352 e. The zero-order chi connectivity index (χ0) is 26.9. The zero-order valence-corrected chi connectivity index (χ0v) is 23.7. The van der Waals surface area contributed by atoms with Crippen molar-refractivity contribution in [3.8, 4) is 0 Å². The first-order chi connectivity index (χ1) is 18.4. The molecule has 2 amide bonds. The molecule has 0 aliphatic rings. The molecule has 0 fully saturated rings. The molecule has 0 aliphatic carbocycles. The van der Waals surface area contributed by atoms with Crippen LogP contribution in [-0.2, 0) is 29.0 Å². The van der Waals surface area contributed by atoms with E-state index >= 15 is 0 Å². The van der Waals surface area contributed by atoms with Gasteiger partial charge in [-0.05, 0) is 59.4 Å². The summed E-state index contributed by atoms with van der Waals surface area (Å²) in [7, 11) is 0. The molecule has 1 N–H and O–H groups in total. The number of hydrogen-bond acceptors (Lipinski definition) is 2. The van der Waals surface area contributed by atoms with Crippen LogP contribution in [0.2, 0.25) is 0 Å². The van der Waals surface area contributed by atoms with Gasteiger partial charge < -0.3 is 10.2 Å². The number of halogens is 1. The van der Waals surface area contributed by atoms with E-state index < -0.39 is 6.04 Å². The molecule has 5 heteroatoms. The van der Waals surface area contributed by atoms with Crippen LogP contribution in [0.25, 0.3) is 10.8 Å². The molecule has 0 spiro atoms. The number of benzene rings is 4. The van der Waals surface area contributed by atoms with Crippen LogP contribution >= 0.6 is 15.9 Å². The summed E-state index contributed by atoms with van der Waals surface area (Å²) in [6, 6.07) is 31.8. The number of aryl methyl sites for hydroxylation is 1. The predicted molar refractivity (Wildman–Crippen MR) is 159 cm³/mol. The number of carbonyl (C=O) groups is 2. The Morgan fingerprint density at radius 1 is 0.842 bits per heavy atom. The van der Waals surface area contributed by atoms with Crippen molar-refractivity contribution in [2.75, 3.05) is 0 Å². The molecule has 0 heterocycles. The van der Waals surface area contributed by atoms with E-state index in [1.807, 2.05) is 86.6 Å². The lowest BCUT2D eigenvalue weighted by atomic mass is 9.99. The predicted octanol–water partition coefficient (Wildman–Crippen LogP) is 7.09. The van der Waals surface area contributed by atoms with Crippen LogP contribution in [0, 0.1) is 0 Å². The molecule has 2 atom stereocenters. The van der Waals surface area contributed by atoms with E-state index in [-0.39, 0.29) is 17.9 Å². The quantitative estimate of drug-likeness (QED) is 0.209. The van der Waals surface area contributed by atoms with Gasteiger partial charge in [0.2, 0.25) is 11.8 Å². The third kappa shape index (κ3) is 7.32. The van der Waals surface area contributed by atoms with E-state index in [1.165, 1.54) is 5.39 Å². The second-order valence-electron chi connectivity index (χ2n) is 9.81. The minimum Gasteiger partial charge on any atom is -0.352 e. The van der Waals surface area contributed by atoms with Crippen LogP contribution in [-0.4, -0.2) is 28.8 Å². The van der Waals surface area contributed by atoms with Crippen molar-refractivity contribution >= 4 is 38.5 Å². The highest BCUT2D eigenvalue weighted by molar-refractivity contribution is 9.10. The fourth-order valence-electron chi connectivity index (χ4n) is 4.68. The van der Waals surface area contributed by atoms with Gasteiger partial charge in [0, 0.05) is 29.9 Å². The lowest BCUT2D eigenvalue weighted by molar-refractivity contribution is -0.141. The second kappa shape index (κ2) is 13.4. The van der Waals surface area contributed by atoms with E-state index in [2.05, 4.69) is 45.5 Å². The molecule has 0 saturated heterocycles. The molecule has 0 saturated carbocycles. The molecule has 38 heavy (non-hydrogen) atoms. The second-order valence-corrected chi connectivity index (χ2v) is 10.7. The van der Waals surface area contributed by atoms with Crippen LogP contribution in [0.15, 0.2) is 102 Å². The average molecular weight is 572 g/mol. The van der Waals surface area contributed by atoms with Crippen molar-refractivity contribution in [3.63, 3.8) is 0 Å². The molecule has 4 aromatic carbocycles. The molecule has 0 unspecified atom stereocenters. The zero-order valence-electron chi connectivity index (χ0n) is 22.1. The Kier molecular flexibility index (Phi) is 9.72. The van der Waals surface area contributed by atoms with Gasteiger partial charge in [-0.2, -0.15) is 0 Å². The van der Waals surface area contributed by atoms with Crippen molar-refractivity contribution in [3.05, 3.63) is 118 Å². The number of rotatable bonds is 11. The number of nitrogens with zero attached hydrogens (tertiary/aromatic N) is 1. The summed E-state index contributed by atoms with van der Waals surface area (Å²) in [6.07, 6.45) is 2.22. The van der Waals surface area contributed by atoms with Gasteiger partial charge in [-0.25, -0.2) is 0 Å². The first-order valence-corrected chi connectivity index (χ1v) is 14.1. The molecule has 0 radical (unpaired) electrons. The van der Waals surface area contributed by atoms with Crippen LogP contribution in [0.5, 0.6) is 0 Å². The van der Waals surface area contributed by atoms with E-state index in [0.29, 0.717) is 25.8 Å². The van der Waals surface area contributed by atoms with E-state index in [0.717, 1.165) is 33.0 Å². The van der Waals surface area contributed by atoms with Crippen LogP contribution in [0.1, 0.15) is 43.4 Å². The summed E-state index contributed by atoms with van der Waals surface area (Å²) < 4.78 is 0.977. The van der Waals surface area contributed by atoms with Gasteiger partial charge in [0.15, 0.2) is 0 Å². The molecule has 4 nitrogen and oxygen atoms in total. The topological polar surface area (TPSA) is 49.4 Å². The van der Waals surface area contributed by atoms with Crippen molar-refractivity contribution < 1.29 is 9.59 Å². The van der Waals surface area contributed by atoms with Gasteiger partial charge in [-0.1, -0.05) is 108 Å². The normalized spacial score (nSPS) is 12.6. The number of fused-ring (bicyclic) bond motifs is 1. The van der Waals surface area contributed by atoms with Crippen molar-refractivity contribution in [1.29, 1.82) is 0 Å².